The van der Waals surface area contributed by atoms with Crippen LogP contribution in [0.15, 0.2) is 36.2 Å². The number of halogens is 5. The molecule has 1 saturated heterocycles. The van der Waals surface area contributed by atoms with Gasteiger partial charge in [-0.05, 0) is 58.9 Å². The van der Waals surface area contributed by atoms with Crippen molar-refractivity contribution in [1.29, 1.82) is 0 Å². The zero-order valence-electron chi connectivity index (χ0n) is 28.3. The molecule has 1 fully saturated rings. The Labute approximate surface area is 284 Å². The topological polar surface area (TPSA) is 131 Å². The van der Waals surface area contributed by atoms with Gasteiger partial charge in [0.2, 0.25) is 5.88 Å². The number of benzene rings is 1. The maximum absolute atomic E-state index is 16.6. The average Bonchev–Trinajstić information content (AvgIpc) is 3.70. The summed E-state index contributed by atoms with van der Waals surface area (Å²) >= 11 is 0. The molecule has 3 N–H and O–H groups in total. The van der Waals surface area contributed by atoms with Crippen molar-refractivity contribution >= 4 is 33.4 Å². The molecule has 16 heteroatoms. The summed E-state index contributed by atoms with van der Waals surface area (Å²) < 4.78 is 85.3. The number of methoxy groups -OCH3 is 1. The van der Waals surface area contributed by atoms with E-state index < -0.39 is 46.7 Å². The second-order valence-corrected chi connectivity index (χ2v) is 12.4. The Morgan fingerprint density at radius 3 is 2.56 bits per heavy atom. The number of likely N-dealkylation sites (N-methyl/N-ethyl adjacent to an activating group) is 1. The number of likely N-dealkylation sites (tertiary alicyclic amines) is 1. The number of ether oxygens (including phenoxy) is 2. The minimum Gasteiger partial charge on any atom is -0.475 e. The van der Waals surface area contributed by atoms with Crippen molar-refractivity contribution in [3.63, 3.8) is 0 Å². The van der Waals surface area contributed by atoms with Gasteiger partial charge in [-0.1, -0.05) is 11.6 Å². The fraction of sp³-hybridized carbons (Fsp3) is 0.382. The first-order valence-electron chi connectivity index (χ1n) is 15.9. The van der Waals surface area contributed by atoms with Gasteiger partial charge in [-0.2, -0.15) is 28.2 Å². The molecule has 6 heterocycles. The van der Waals surface area contributed by atoms with Crippen LogP contribution in [-0.2, 0) is 6.18 Å². The SMILES string of the molecule is C/C=C1\CCN(C)C1.COc1nc2c3c(nc(-c4c(C(F)(F)F)c(C)cc5[nH]ncc45)c(F)c3n1)OC[C@H](C)N2C(C)c1cc(F)cnc1N. The van der Waals surface area contributed by atoms with Gasteiger partial charge in [-0.25, -0.2) is 18.7 Å². The van der Waals surface area contributed by atoms with Gasteiger partial charge >= 0.3 is 12.2 Å². The standard InChI is InChI=1S/C27H23F5N8O2.C7H13N/c1-10-5-16-15(8-35-39-16)17(19(10)27(30,31)32)21-20(29)22-18-24(38-26(37-22)41-4)40(11(2)9-42-25(18)36-21)12(3)14-6-13(28)7-34-23(14)33;1-3-7-4-5-8(2)6-7/h5-8,11-12H,9H2,1-4H3,(H2,33,34)(H,35,39);3H,4-6H2,1-2H3/b;7-3+/t11-,12?;/m0./s1. The summed E-state index contributed by atoms with van der Waals surface area (Å²) in [4.78, 5) is 20.9. The van der Waals surface area contributed by atoms with E-state index in [1.807, 2.05) is 0 Å². The van der Waals surface area contributed by atoms with E-state index in [-0.39, 0.29) is 57.5 Å². The van der Waals surface area contributed by atoms with E-state index >= 15 is 4.39 Å². The Morgan fingerprint density at radius 2 is 1.92 bits per heavy atom. The number of nitrogens with one attached hydrogen (secondary N) is 1. The first kappa shape index (κ1) is 34.7. The Kier molecular flexibility index (Phi) is 9.24. The molecule has 0 bridgehead atoms. The van der Waals surface area contributed by atoms with E-state index in [0.29, 0.717) is 5.56 Å². The quantitative estimate of drug-likeness (QED) is 0.153. The predicted molar refractivity (Wildman–Crippen MR) is 179 cm³/mol. The lowest BCUT2D eigenvalue weighted by atomic mass is 9.94. The van der Waals surface area contributed by atoms with Crippen LogP contribution in [0.4, 0.5) is 33.6 Å². The van der Waals surface area contributed by atoms with Gasteiger partial charge in [0, 0.05) is 29.6 Å². The molecular weight excluding hydrogens is 661 g/mol. The molecule has 1 aromatic carbocycles. The number of nitrogens with zero attached hydrogens (tertiary/aromatic N) is 7. The third-order valence-corrected chi connectivity index (χ3v) is 9.02. The molecule has 4 aromatic heterocycles. The largest absolute Gasteiger partial charge is 0.475 e. The van der Waals surface area contributed by atoms with Gasteiger partial charge in [-0.15, -0.1) is 0 Å². The predicted octanol–water partition coefficient (Wildman–Crippen LogP) is 6.78. The molecule has 1 unspecified atom stereocenters. The monoisotopic (exact) mass is 697 g/mol. The van der Waals surface area contributed by atoms with Crippen LogP contribution in [0.1, 0.15) is 49.9 Å². The summed E-state index contributed by atoms with van der Waals surface area (Å²) in [6, 6.07) is 1.11. The maximum Gasteiger partial charge on any atom is 0.417 e. The highest BCUT2D eigenvalue weighted by Crippen LogP contribution is 2.47. The molecule has 50 heavy (non-hydrogen) atoms. The summed E-state index contributed by atoms with van der Waals surface area (Å²) in [7, 11) is 3.43. The van der Waals surface area contributed by atoms with E-state index in [1.54, 1.807) is 24.3 Å². The number of alkyl halides is 3. The van der Waals surface area contributed by atoms with Crippen LogP contribution in [0.25, 0.3) is 33.1 Å². The number of aromatic amines is 1. The van der Waals surface area contributed by atoms with E-state index in [4.69, 9.17) is 15.2 Å². The highest BCUT2D eigenvalue weighted by molar-refractivity contribution is 6.02. The van der Waals surface area contributed by atoms with Gasteiger partial charge in [0.25, 0.3) is 0 Å². The fourth-order valence-electron chi connectivity index (χ4n) is 6.57. The molecule has 0 aliphatic carbocycles. The van der Waals surface area contributed by atoms with E-state index in [0.717, 1.165) is 6.20 Å². The van der Waals surface area contributed by atoms with Crippen molar-refractivity contribution in [2.45, 2.75) is 52.4 Å². The fourth-order valence-corrected chi connectivity index (χ4v) is 6.57. The number of pyridine rings is 2. The lowest BCUT2D eigenvalue weighted by Crippen LogP contribution is -2.39. The van der Waals surface area contributed by atoms with Crippen LogP contribution in [-0.4, -0.2) is 74.9 Å². The van der Waals surface area contributed by atoms with Crippen molar-refractivity contribution in [2.24, 2.45) is 0 Å². The van der Waals surface area contributed by atoms with E-state index in [9.17, 15) is 17.6 Å². The number of nitrogen functional groups attached to an aromatic ring is 1. The summed E-state index contributed by atoms with van der Waals surface area (Å²) in [5.41, 5.74) is 5.52. The molecule has 5 aromatic rings. The highest BCUT2D eigenvalue weighted by Gasteiger charge is 2.40. The molecule has 2 aliphatic rings. The van der Waals surface area contributed by atoms with Gasteiger partial charge in [0.05, 0.1) is 42.7 Å². The Bertz CT molecular complexity index is 2120. The van der Waals surface area contributed by atoms with Crippen molar-refractivity contribution in [3.05, 3.63) is 64.5 Å². The van der Waals surface area contributed by atoms with Gasteiger partial charge in [0.15, 0.2) is 5.82 Å². The van der Waals surface area contributed by atoms with Crippen LogP contribution < -0.4 is 20.1 Å². The zero-order chi connectivity index (χ0) is 36.1. The third kappa shape index (κ3) is 6.23. The average molecular weight is 698 g/mol. The number of nitrogens with two attached hydrogens (primary N) is 1. The second-order valence-electron chi connectivity index (χ2n) is 12.4. The van der Waals surface area contributed by atoms with E-state index in [1.165, 1.54) is 51.9 Å². The highest BCUT2D eigenvalue weighted by atomic mass is 19.4. The summed E-state index contributed by atoms with van der Waals surface area (Å²) in [5, 5.41) is 6.52. The molecule has 0 amide bonds. The first-order valence-corrected chi connectivity index (χ1v) is 15.9. The van der Waals surface area contributed by atoms with Crippen LogP contribution >= 0.6 is 0 Å². The second kappa shape index (κ2) is 13.3. The molecule has 2 atom stereocenters. The minimum atomic E-state index is -4.85. The Hall–Kier alpha value is -5.12. The van der Waals surface area contributed by atoms with Crippen LogP contribution in [0.3, 0.4) is 0 Å². The molecule has 11 nitrogen and oxygen atoms in total. The number of aryl methyl sites for hydroxylation is 1. The minimum absolute atomic E-state index is 0.000771. The molecule has 0 spiro atoms. The number of aromatic nitrogens is 6. The van der Waals surface area contributed by atoms with E-state index in [2.05, 4.69) is 55.1 Å². The Balaban J connectivity index is 0.000000477. The lowest BCUT2D eigenvalue weighted by molar-refractivity contribution is -0.137. The van der Waals surface area contributed by atoms with Gasteiger partial charge in [0.1, 0.15) is 40.7 Å². The summed E-state index contributed by atoms with van der Waals surface area (Å²) in [6.07, 6.45) is 0.825. The molecule has 264 valence electrons. The molecule has 0 saturated carbocycles. The number of rotatable bonds is 4. The number of H-pyrrole nitrogens is 1. The van der Waals surface area contributed by atoms with Crippen molar-refractivity contribution in [1.82, 2.24) is 35.0 Å². The van der Waals surface area contributed by atoms with Gasteiger partial charge < -0.3 is 25.0 Å². The normalized spacial score (nSPS) is 17.9. The zero-order valence-corrected chi connectivity index (χ0v) is 28.3. The maximum atomic E-state index is 16.6. The van der Waals surface area contributed by atoms with Crippen LogP contribution in [0, 0.1) is 18.6 Å². The smallest absolute Gasteiger partial charge is 0.417 e. The van der Waals surface area contributed by atoms with Crippen LogP contribution in [0.5, 0.6) is 11.9 Å². The van der Waals surface area contributed by atoms with Crippen molar-refractivity contribution in [3.8, 4) is 23.1 Å². The number of hydrogen-bond donors (Lipinski definition) is 2. The lowest BCUT2D eigenvalue weighted by Gasteiger charge is -2.34. The van der Waals surface area contributed by atoms with Crippen molar-refractivity contribution < 1.29 is 31.4 Å². The molecular formula is C34H36F5N9O2. The Morgan fingerprint density at radius 1 is 1.16 bits per heavy atom. The summed E-state index contributed by atoms with van der Waals surface area (Å²) in [5.74, 6) is -1.76. The first-order chi connectivity index (χ1) is 23.7. The molecule has 7 rings (SSSR count). The van der Waals surface area contributed by atoms with Crippen molar-refractivity contribution in [2.75, 3.05) is 44.5 Å². The third-order valence-electron chi connectivity index (χ3n) is 9.02. The number of allylic oxidation sites excluding steroid dienone is 1. The van der Waals surface area contributed by atoms with Crippen LogP contribution in [0.2, 0.25) is 0 Å². The number of anilines is 2. The molecule has 0 radical (unpaired) electrons. The van der Waals surface area contributed by atoms with Gasteiger partial charge in [-0.3, -0.25) is 5.10 Å². The molecule has 2 aliphatic heterocycles. The summed E-state index contributed by atoms with van der Waals surface area (Å²) in [6.45, 7) is 9.30. The number of fused-ring (bicyclic) bond motifs is 1. The number of hydrogen-bond acceptors (Lipinski definition) is 10.